The van der Waals surface area contributed by atoms with E-state index in [1.807, 2.05) is 17.1 Å². The summed E-state index contributed by atoms with van der Waals surface area (Å²) in [5.74, 6) is 1.49. The van der Waals surface area contributed by atoms with E-state index in [2.05, 4.69) is 33.0 Å². The quantitative estimate of drug-likeness (QED) is 0.826. The van der Waals surface area contributed by atoms with Gasteiger partial charge in [0.05, 0.1) is 18.2 Å². The molecule has 2 rings (SSSR count). The van der Waals surface area contributed by atoms with Crippen molar-refractivity contribution in [2.45, 2.75) is 12.8 Å². The van der Waals surface area contributed by atoms with Crippen LogP contribution < -0.4 is 4.74 Å². The van der Waals surface area contributed by atoms with Crippen molar-refractivity contribution >= 4 is 15.9 Å². The molecule has 3 nitrogen and oxygen atoms in total. The van der Waals surface area contributed by atoms with Gasteiger partial charge in [-0.3, -0.25) is 4.90 Å². The highest BCUT2D eigenvalue weighted by molar-refractivity contribution is 9.11. The molecular formula is C16H19BrN2O. The number of benzene rings is 1. The van der Waals surface area contributed by atoms with E-state index < -0.39 is 0 Å². The number of likely N-dealkylation sites (tertiary alicyclic amines) is 1. The van der Waals surface area contributed by atoms with Crippen LogP contribution in [0.4, 0.5) is 0 Å². The van der Waals surface area contributed by atoms with Crippen molar-refractivity contribution in [2.24, 2.45) is 5.92 Å². The first-order valence-electron chi connectivity index (χ1n) is 6.92. The molecule has 0 N–H and O–H groups in total. The van der Waals surface area contributed by atoms with Crippen molar-refractivity contribution in [3.63, 3.8) is 0 Å². The predicted molar refractivity (Wildman–Crippen MR) is 83.9 cm³/mol. The Kier molecular flexibility index (Phi) is 6.10. The van der Waals surface area contributed by atoms with Gasteiger partial charge in [-0.1, -0.05) is 22.0 Å². The average Bonchev–Trinajstić information content (AvgIpc) is 2.52. The van der Waals surface area contributed by atoms with Gasteiger partial charge in [-0.05, 0) is 61.1 Å². The Morgan fingerprint density at radius 3 is 2.60 bits per heavy atom. The first-order valence-corrected chi connectivity index (χ1v) is 7.84. The van der Waals surface area contributed by atoms with E-state index in [1.165, 1.54) is 12.8 Å². The lowest BCUT2D eigenvalue weighted by atomic mass is 9.98. The third-order valence-corrected chi connectivity index (χ3v) is 4.00. The van der Waals surface area contributed by atoms with Gasteiger partial charge in [0.25, 0.3) is 0 Å². The SMILES string of the molecule is N#Cc1ccc(OCC2CCN(C/C=C/Br)CC2)cc1. The third-order valence-electron chi connectivity index (χ3n) is 3.63. The van der Waals surface area contributed by atoms with E-state index in [4.69, 9.17) is 10.00 Å². The minimum absolute atomic E-state index is 0.634. The molecule has 0 aliphatic carbocycles. The Hall–Kier alpha value is -1.31. The van der Waals surface area contributed by atoms with Crippen molar-refractivity contribution < 1.29 is 4.74 Å². The molecule has 0 atom stereocenters. The van der Waals surface area contributed by atoms with E-state index in [1.54, 1.807) is 12.1 Å². The van der Waals surface area contributed by atoms with Crippen LogP contribution in [0.1, 0.15) is 18.4 Å². The van der Waals surface area contributed by atoms with Gasteiger partial charge in [0.15, 0.2) is 0 Å². The molecule has 0 unspecified atom stereocenters. The Bertz CT molecular complexity index is 470. The van der Waals surface area contributed by atoms with Crippen LogP contribution in [0.2, 0.25) is 0 Å². The normalized spacial score (nSPS) is 17.2. The molecule has 1 aliphatic rings. The highest BCUT2D eigenvalue weighted by atomic mass is 79.9. The number of hydrogen-bond acceptors (Lipinski definition) is 3. The lowest BCUT2D eigenvalue weighted by molar-refractivity contribution is 0.150. The van der Waals surface area contributed by atoms with Gasteiger partial charge >= 0.3 is 0 Å². The summed E-state index contributed by atoms with van der Waals surface area (Å²) in [5, 5.41) is 8.75. The highest BCUT2D eigenvalue weighted by Crippen LogP contribution is 2.19. The first-order chi connectivity index (χ1) is 9.81. The molecule has 0 radical (unpaired) electrons. The maximum Gasteiger partial charge on any atom is 0.119 e. The Morgan fingerprint density at radius 1 is 1.30 bits per heavy atom. The Balaban J connectivity index is 1.71. The standard InChI is InChI=1S/C16H19BrN2O/c17-8-1-9-19-10-6-15(7-11-19)13-20-16-4-2-14(12-18)3-5-16/h1-5,8,15H,6-7,9-11,13H2/b8-1+. The zero-order valence-electron chi connectivity index (χ0n) is 11.5. The number of hydrogen-bond donors (Lipinski definition) is 0. The van der Waals surface area contributed by atoms with Crippen LogP contribution >= 0.6 is 15.9 Å². The number of nitriles is 1. The number of ether oxygens (including phenoxy) is 1. The first kappa shape index (κ1) is 15.1. The minimum atomic E-state index is 0.634. The molecular weight excluding hydrogens is 316 g/mol. The summed E-state index contributed by atoms with van der Waals surface area (Å²) in [6.07, 6.45) is 4.51. The zero-order chi connectivity index (χ0) is 14.2. The van der Waals surface area contributed by atoms with Crippen molar-refractivity contribution in [1.82, 2.24) is 4.90 Å². The lowest BCUT2D eigenvalue weighted by Crippen LogP contribution is -2.35. The molecule has 4 heteroatoms. The molecule has 0 spiro atoms. The topological polar surface area (TPSA) is 36.3 Å². The molecule has 0 saturated carbocycles. The lowest BCUT2D eigenvalue weighted by Gasteiger charge is -2.30. The van der Waals surface area contributed by atoms with E-state index in [9.17, 15) is 0 Å². The molecule has 0 bridgehead atoms. The molecule has 106 valence electrons. The summed E-state index contributed by atoms with van der Waals surface area (Å²) in [5.41, 5.74) is 0.672. The number of halogens is 1. The molecule has 0 aromatic heterocycles. The van der Waals surface area contributed by atoms with Crippen molar-refractivity contribution in [3.8, 4) is 11.8 Å². The van der Waals surface area contributed by atoms with Crippen LogP contribution in [0.15, 0.2) is 35.3 Å². The van der Waals surface area contributed by atoms with Crippen LogP contribution in [0.25, 0.3) is 0 Å². The van der Waals surface area contributed by atoms with E-state index >= 15 is 0 Å². The summed E-state index contributed by atoms with van der Waals surface area (Å²) in [6.45, 7) is 4.07. The van der Waals surface area contributed by atoms with Gasteiger partial charge in [-0.25, -0.2) is 0 Å². The van der Waals surface area contributed by atoms with Crippen LogP contribution in [0.5, 0.6) is 5.75 Å². The van der Waals surface area contributed by atoms with Gasteiger partial charge in [0.1, 0.15) is 5.75 Å². The summed E-state index contributed by atoms with van der Waals surface area (Å²) in [6, 6.07) is 9.44. The second-order valence-corrected chi connectivity index (χ2v) is 5.58. The zero-order valence-corrected chi connectivity index (χ0v) is 13.1. The molecule has 1 saturated heterocycles. The molecule has 1 fully saturated rings. The summed E-state index contributed by atoms with van der Waals surface area (Å²) in [7, 11) is 0. The molecule has 1 aliphatic heterocycles. The Labute approximate surface area is 129 Å². The smallest absolute Gasteiger partial charge is 0.119 e. The second-order valence-electron chi connectivity index (χ2n) is 5.05. The van der Waals surface area contributed by atoms with Crippen LogP contribution in [-0.4, -0.2) is 31.1 Å². The van der Waals surface area contributed by atoms with E-state index in [-0.39, 0.29) is 0 Å². The Morgan fingerprint density at radius 2 is 2.00 bits per heavy atom. The summed E-state index contributed by atoms with van der Waals surface area (Å²) in [4.78, 5) is 4.38. The van der Waals surface area contributed by atoms with Crippen LogP contribution in [0.3, 0.4) is 0 Å². The largest absolute Gasteiger partial charge is 0.493 e. The fraction of sp³-hybridized carbons (Fsp3) is 0.438. The van der Waals surface area contributed by atoms with Crippen molar-refractivity contribution in [1.29, 1.82) is 5.26 Å². The minimum Gasteiger partial charge on any atom is -0.493 e. The molecule has 1 aromatic rings. The number of nitrogens with zero attached hydrogens (tertiary/aromatic N) is 2. The summed E-state index contributed by atoms with van der Waals surface area (Å²) < 4.78 is 5.81. The van der Waals surface area contributed by atoms with Gasteiger partial charge in [-0.15, -0.1) is 0 Å². The third kappa shape index (κ3) is 4.66. The molecule has 1 aromatic carbocycles. The fourth-order valence-corrected chi connectivity index (χ4v) is 2.53. The van der Waals surface area contributed by atoms with Crippen LogP contribution in [0, 0.1) is 17.2 Å². The van der Waals surface area contributed by atoms with Gasteiger partial charge in [-0.2, -0.15) is 5.26 Å². The fourth-order valence-electron chi connectivity index (χ4n) is 2.36. The van der Waals surface area contributed by atoms with E-state index in [0.717, 1.165) is 32.0 Å². The van der Waals surface area contributed by atoms with Gasteiger partial charge in [0.2, 0.25) is 0 Å². The average molecular weight is 335 g/mol. The number of rotatable bonds is 5. The van der Waals surface area contributed by atoms with Crippen molar-refractivity contribution in [2.75, 3.05) is 26.2 Å². The monoisotopic (exact) mass is 334 g/mol. The maximum atomic E-state index is 8.75. The van der Waals surface area contributed by atoms with Crippen LogP contribution in [-0.2, 0) is 0 Å². The van der Waals surface area contributed by atoms with Gasteiger partial charge in [0, 0.05) is 6.54 Å². The predicted octanol–water partition coefficient (Wildman–Crippen LogP) is 3.56. The molecule has 0 amide bonds. The molecule has 1 heterocycles. The maximum absolute atomic E-state index is 8.75. The van der Waals surface area contributed by atoms with Gasteiger partial charge < -0.3 is 4.74 Å². The van der Waals surface area contributed by atoms with Crippen molar-refractivity contribution in [3.05, 3.63) is 40.9 Å². The molecule has 20 heavy (non-hydrogen) atoms. The number of piperidine rings is 1. The second kappa shape index (κ2) is 8.08. The summed E-state index contributed by atoms with van der Waals surface area (Å²) >= 11 is 3.30. The van der Waals surface area contributed by atoms with E-state index in [0.29, 0.717) is 11.5 Å². The highest BCUT2D eigenvalue weighted by Gasteiger charge is 2.18.